The number of nitrogens with zero attached hydrogens (tertiary/aromatic N) is 2. The van der Waals surface area contributed by atoms with Crippen LogP contribution >= 0.6 is 27.5 Å². The fourth-order valence-electron chi connectivity index (χ4n) is 1.65. The van der Waals surface area contributed by atoms with Gasteiger partial charge in [-0.25, -0.2) is 4.79 Å². The minimum atomic E-state index is -0.329. The molecule has 1 aromatic carbocycles. The van der Waals surface area contributed by atoms with Crippen molar-refractivity contribution in [2.24, 2.45) is 10.7 Å². The number of aliphatic imine (C=N–C) groups is 1. The molecule has 0 saturated carbocycles. The molecule has 1 unspecified atom stereocenters. The fourth-order valence-corrected chi connectivity index (χ4v) is 2.55. The lowest BCUT2D eigenvalue weighted by atomic mass is 10.1. The zero-order valence-electron chi connectivity index (χ0n) is 8.45. The number of halogens is 2. The number of carbonyl (C=O) groups is 1. The van der Waals surface area contributed by atoms with Crippen molar-refractivity contribution in [1.29, 1.82) is 0 Å². The number of carbonyl (C=O) groups excluding carboxylic acids is 1. The molecule has 4 nitrogen and oxygen atoms in total. The first-order valence-electron chi connectivity index (χ1n) is 4.56. The minimum absolute atomic E-state index is 0.301. The second kappa shape index (κ2) is 4.07. The van der Waals surface area contributed by atoms with Crippen LogP contribution in [-0.4, -0.2) is 23.8 Å². The van der Waals surface area contributed by atoms with E-state index >= 15 is 0 Å². The molecule has 6 heteroatoms. The van der Waals surface area contributed by atoms with Gasteiger partial charge in [-0.05, 0) is 17.7 Å². The molecule has 2 rings (SSSR count). The van der Waals surface area contributed by atoms with Crippen LogP contribution in [0.3, 0.4) is 0 Å². The van der Waals surface area contributed by atoms with Crippen LogP contribution in [0.4, 0.5) is 4.79 Å². The highest BCUT2D eigenvalue weighted by Crippen LogP contribution is 2.32. The van der Waals surface area contributed by atoms with Crippen molar-refractivity contribution in [3.8, 4) is 0 Å². The van der Waals surface area contributed by atoms with Crippen LogP contribution < -0.4 is 5.73 Å². The molecule has 16 heavy (non-hydrogen) atoms. The zero-order valence-corrected chi connectivity index (χ0v) is 10.8. The lowest BCUT2D eigenvalue weighted by Crippen LogP contribution is -2.30. The van der Waals surface area contributed by atoms with Gasteiger partial charge >= 0.3 is 6.03 Å². The fraction of sp³-hybridized carbons (Fsp3) is 0.200. The second-order valence-electron chi connectivity index (χ2n) is 3.50. The average Bonchev–Trinajstić information content (AvgIpc) is 2.43. The third-order valence-corrected chi connectivity index (χ3v) is 3.37. The highest BCUT2D eigenvalue weighted by molar-refractivity contribution is 9.10. The molecule has 0 fully saturated rings. The summed E-state index contributed by atoms with van der Waals surface area (Å²) < 4.78 is 0.810. The summed E-state index contributed by atoms with van der Waals surface area (Å²) in [5, 5.41) is 0.623. The van der Waals surface area contributed by atoms with Crippen LogP contribution in [0.15, 0.2) is 27.7 Å². The topological polar surface area (TPSA) is 58.7 Å². The van der Waals surface area contributed by atoms with Gasteiger partial charge in [-0.3, -0.25) is 0 Å². The molecular weight excluding hydrogens is 293 g/mol. The van der Waals surface area contributed by atoms with Gasteiger partial charge in [0, 0.05) is 16.5 Å². The Morgan fingerprint density at radius 3 is 2.75 bits per heavy atom. The highest BCUT2D eigenvalue weighted by Gasteiger charge is 2.32. The summed E-state index contributed by atoms with van der Waals surface area (Å²) in [6.45, 7) is 0. The summed E-state index contributed by atoms with van der Waals surface area (Å²) in [4.78, 5) is 16.6. The first-order valence-corrected chi connectivity index (χ1v) is 5.73. The lowest BCUT2D eigenvalue weighted by Gasteiger charge is -2.21. The lowest BCUT2D eigenvalue weighted by molar-refractivity contribution is 0.218. The van der Waals surface area contributed by atoms with Crippen molar-refractivity contribution < 1.29 is 4.79 Å². The number of nitrogens with two attached hydrogens (primary N) is 1. The summed E-state index contributed by atoms with van der Waals surface area (Å²) >= 11 is 9.25. The first-order chi connectivity index (χ1) is 7.50. The van der Waals surface area contributed by atoms with E-state index in [1.807, 2.05) is 6.07 Å². The van der Waals surface area contributed by atoms with E-state index < -0.39 is 0 Å². The van der Waals surface area contributed by atoms with E-state index in [4.69, 9.17) is 17.3 Å². The molecular formula is C10H9BrClN3O. The summed E-state index contributed by atoms with van der Waals surface area (Å²) in [7, 11) is 1.66. The number of hydrogen-bond donors (Lipinski definition) is 1. The Labute approximate surface area is 106 Å². The van der Waals surface area contributed by atoms with E-state index in [0.717, 1.165) is 10.0 Å². The van der Waals surface area contributed by atoms with Gasteiger partial charge in [0.05, 0.1) is 0 Å². The van der Waals surface area contributed by atoms with E-state index in [0.29, 0.717) is 10.9 Å². The molecule has 0 spiro atoms. The monoisotopic (exact) mass is 301 g/mol. The third-order valence-electron chi connectivity index (χ3n) is 2.45. The Hall–Kier alpha value is -1.07. The van der Waals surface area contributed by atoms with Gasteiger partial charge in [0.1, 0.15) is 11.9 Å². The molecule has 1 heterocycles. The Morgan fingerprint density at radius 2 is 2.25 bits per heavy atom. The molecule has 0 saturated heterocycles. The van der Waals surface area contributed by atoms with Crippen molar-refractivity contribution >= 4 is 39.4 Å². The molecule has 1 aliphatic rings. The van der Waals surface area contributed by atoms with Gasteiger partial charge in [0.2, 0.25) is 0 Å². The van der Waals surface area contributed by atoms with Crippen molar-refractivity contribution in [3.05, 3.63) is 33.3 Å². The maximum Gasteiger partial charge on any atom is 0.345 e. The van der Waals surface area contributed by atoms with Crippen LogP contribution in [0.25, 0.3) is 0 Å². The Kier molecular flexibility index (Phi) is 2.90. The predicted molar refractivity (Wildman–Crippen MR) is 66.7 cm³/mol. The van der Waals surface area contributed by atoms with E-state index in [2.05, 4.69) is 20.9 Å². The number of urea groups is 1. The number of amides is 2. The molecule has 2 amide bonds. The van der Waals surface area contributed by atoms with E-state index in [1.54, 1.807) is 19.2 Å². The Morgan fingerprint density at radius 1 is 1.56 bits per heavy atom. The molecule has 84 valence electrons. The normalized spacial score (nSPS) is 20.2. The van der Waals surface area contributed by atoms with E-state index in [9.17, 15) is 4.79 Å². The molecule has 0 radical (unpaired) electrons. The van der Waals surface area contributed by atoms with Crippen molar-refractivity contribution in [2.45, 2.75) is 6.04 Å². The molecule has 0 bridgehead atoms. The molecule has 1 aromatic rings. The first kappa shape index (κ1) is 11.4. The van der Waals surface area contributed by atoms with Gasteiger partial charge in [-0.2, -0.15) is 4.99 Å². The average molecular weight is 303 g/mol. The van der Waals surface area contributed by atoms with Gasteiger partial charge in [0.25, 0.3) is 0 Å². The van der Waals surface area contributed by atoms with Crippen LogP contribution in [0, 0.1) is 0 Å². The zero-order chi connectivity index (χ0) is 11.9. The van der Waals surface area contributed by atoms with Crippen LogP contribution in [0.5, 0.6) is 0 Å². The van der Waals surface area contributed by atoms with Gasteiger partial charge in [-0.15, -0.1) is 0 Å². The van der Waals surface area contributed by atoms with Crippen molar-refractivity contribution in [1.82, 2.24) is 4.90 Å². The maximum absolute atomic E-state index is 11.4. The minimum Gasteiger partial charge on any atom is -0.385 e. The quantitative estimate of drug-likeness (QED) is 0.867. The molecule has 1 aliphatic heterocycles. The second-order valence-corrected chi connectivity index (χ2v) is 4.79. The van der Waals surface area contributed by atoms with E-state index in [-0.39, 0.29) is 12.1 Å². The van der Waals surface area contributed by atoms with Crippen LogP contribution in [0.1, 0.15) is 11.6 Å². The number of hydrogen-bond acceptors (Lipinski definition) is 2. The highest BCUT2D eigenvalue weighted by atomic mass is 79.9. The number of amidine groups is 1. The Bertz CT molecular complexity index is 489. The van der Waals surface area contributed by atoms with Crippen LogP contribution in [-0.2, 0) is 0 Å². The molecule has 2 N–H and O–H groups in total. The summed E-state index contributed by atoms with van der Waals surface area (Å²) in [5.41, 5.74) is 6.61. The van der Waals surface area contributed by atoms with Gasteiger partial charge in [0.15, 0.2) is 0 Å². The number of likely N-dealkylation sites (N-methyl/N-ethyl adjacent to an activating group) is 1. The predicted octanol–water partition coefficient (Wildman–Crippen LogP) is 2.57. The summed E-state index contributed by atoms with van der Waals surface area (Å²) in [5.74, 6) is 0.301. The molecule has 0 aromatic heterocycles. The van der Waals surface area contributed by atoms with Gasteiger partial charge < -0.3 is 10.6 Å². The maximum atomic E-state index is 11.4. The smallest absolute Gasteiger partial charge is 0.345 e. The SMILES string of the molecule is CN1C(=O)N=C(N)C1c1ccc(Cl)cc1Br. The summed E-state index contributed by atoms with van der Waals surface area (Å²) in [6.07, 6.45) is 0. The van der Waals surface area contributed by atoms with Crippen LogP contribution in [0.2, 0.25) is 5.02 Å². The Balaban J connectivity index is 2.45. The molecule has 0 aliphatic carbocycles. The van der Waals surface area contributed by atoms with Crippen molar-refractivity contribution in [3.63, 3.8) is 0 Å². The van der Waals surface area contributed by atoms with Crippen molar-refractivity contribution in [2.75, 3.05) is 7.05 Å². The summed E-state index contributed by atoms with van der Waals surface area (Å²) in [6, 6.07) is 4.70. The standard InChI is InChI=1S/C10H9BrClN3O/c1-15-8(9(13)14-10(15)16)6-3-2-5(12)4-7(6)11/h2-4,8H,1H3,(H2,13,14,16). The molecule has 1 atom stereocenters. The number of benzene rings is 1. The van der Waals surface area contributed by atoms with E-state index in [1.165, 1.54) is 4.90 Å². The largest absolute Gasteiger partial charge is 0.385 e. The number of rotatable bonds is 1. The van der Waals surface area contributed by atoms with Gasteiger partial charge in [-0.1, -0.05) is 33.6 Å². The third kappa shape index (κ3) is 1.81.